The Morgan fingerprint density at radius 1 is 1.23 bits per heavy atom. The van der Waals surface area contributed by atoms with Gasteiger partial charge < -0.3 is 9.88 Å². The molecule has 31 heavy (non-hydrogen) atoms. The third-order valence-electron chi connectivity index (χ3n) is 6.45. The first kappa shape index (κ1) is 21.3. The van der Waals surface area contributed by atoms with E-state index < -0.39 is 0 Å². The monoisotopic (exact) mass is 420 g/mol. The van der Waals surface area contributed by atoms with Crippen LogP contribution in [0.5, 0.6) is 0 Å². The molecule has 164 valence electrons. The second-order valence-electron chi connectivity index (χ2n) is 8.47. The molecule has 0 saturated heterocycles. The van der Waals surface area contributed by atoms with E-state index in [1.165, 1.54) is 10.6 Å². The Labute approximate surface area is 183 Å². The number of aromatic nitrogens is 3. The minimum absolute atomic E-state index is 0.130. The number of hydrogen-bond acceptors (Lipinski definition) is 5. The minimum Gasteiger partial charge on any atom is -0.329 e. The summed E-state index contributed by atoms with van der Waals surface area (Å²) in [6.07, 6.45) is 10.4. The molecule has 0 spiro atoms. The van der Waals surface area contributed by atoms with Crippen molar-refractivity contribution < 1.29 is 4.79 Å². The van der Waals surface area contributed by atoms with Crippen molar-refractivity contribution in [2.75, 3.05) is 5.32 Å². The lowest BCUT2D eigenvalue weighted by Gasteiger charge is -2.23. The highest BCUT2D eigenvalue weighted by Crippen LogP contribution is 2.27. The van der Waals surface area contributed by atoms with E-state index >= 15 is 0 Å². The van der Waals surface area contributed by atoms with E-state index in [-0.39, 0.29) is 11.9 Å². The number of fused-ring (bicyclic) bond motifs is 1. The fraction of sp³-hybridized carbons (Fsp3) is 0.458. The van der Waals surface area contributed by atoms with Gasteiger partial charge >= 0.3 is 0 Å². The van der Waals surface area contributed by atoms with Crippen LogP contribution in [-0.4, -0.2) is 31.5 Å². The van der Waals surface area contributed by atoms with Crippen LogP contribution in [0.3, 0.4) is 0 Å². The Morgan fingerprint density at radius 3 is 2.55 bits per heavy atom. The van der Waals surface area contributed by atoms with Crippen LogP contribution in [0, 0.1) is 6.92 Å². The van der Waals surface area contributed by atoms with Crippen LogP contribution in [0.15, 0.2) is 36.7 Å². The van der Waals surface area contributed by atoms with Crippen LogP contribution in [0.2, 0.25) is 0 Å². The molecule has 4 rings (SSSR count). The van der Waals surface area contributed by atoms with Gasteiger partial charge in [0.1, 0.15) is 5.65 Å². The van der Waals surface area contributed by atoms with Gasteiger partial charge in [0.05, 0.1) is 0 Å². The van der Waals surface area contributed by atoms with Crippen LogP contribution in [-0.2, 0) is 0 Å². The number of rotatable bonds is 7. The normalized spacial score (nSPS) is 14.5. The maximum atomic E-state index is 12.7. The van der Waals surface area contributed by atoms with Crippen molar-refractivity contribution in [2.45, 2.75) is 71.4 Å². The van der Waals surface area contributed by atoms with Gasteiger partial charge in [-0.2, -0.15) is 4.98 Å². The van der Waals surface area contributed by atoms with Gasteiger partial charge in [-0.3, -0.25) is 9.80 Å². The van der Waals surface area contributed by atoms with Crippen molar-refractivity contribution in [3.05, 3.63) is 47.8 Å². The fourth-order valence-corrected chi connectivity index (χ4v) is 4.53. The van der Waals surface area contributed by atoms with Crippen molar-refractivity contribution in [3.63, 3.8) is 0 Å². The molecule has 0 unspecified atom stereocenters. The average molecular weight is 421 g/mol. The Hall–Kier alpha value is -2.93. The molecule has 0 atom stereocenters. The van der Waals surface area contributed by atoms with Crippen molar-refractivity contribution >= 4 is 28.6 Å². The molecule has 0 radical (unpaired) electrons. The number of benzene rings is 1. The first-order valence-corrected chi connectivity index (χ1v) is 11.3. The lowest BCUT2D eigenvalue weighted by molar-refractivity contribution is 0.0681. The smallest absolute Gasteiger partial charge is 0.268 e. The number of carbonyl (C=O) groups excluding carboxylic acids is 1. The minimum atomic E-state index is -0.130. The predicted molar refractivity (Wildman–Crippen MR) is 124 cm³/mol. The molecule has 0 bridgehead atoms. The Kier molecular flexibility index (Phi) is 6.23. The van der Waals surface area contributed by atoms with E-state index in [9.17, 15) is 4.79 Å². The number of nitrogens with zero attached hydrogens (tertiary/aromatic N) is 4. The maximum absolute atomic E-state index is 12.7. The Balaban J connectivity index is 1.52. The quantitative estimate of drug-likeness (QED) is 0.315. The average Bonchev–Trinajstić information content (AvgIpc) is 3.43. The van der Waals surface area contributed by atoms with E-state index in [4.69, 9.17) is 10.8 Å². The van der Waals surface area contributed by atoms with Gasteiger partial charge in [-0.05, 0) is 62.4 Å². The molecule has 1 fully saturated rings. The van der Waals surface area contributed by atoms with Crippen LogP contribution < -0.4 is 11.2 Å². The summed E-state index contributed by atoms with van der Waals surface area (Å²) in [7, 11) is 0. The van der Waals surface area contributed by atoms with Crippen molar-refractivity contribution in [3.8, 4) is 0 Å². The molecule has 1 amide bonds. The van der Waals surface area contributed by atoms with Crippen molar-refractivity contribution in [1.29, 1.82) is 0 Å². The molecular formula is C24H32N6O. The second-order valence-corrected chi connectivity index (χ2v) is 8.47. The lowest BCUT2D eigenvalue weighted by Crippen LogP contribution is -2.44. The molecule has 3 aromatic rings. The number of amides is 1. The molecule has 0 aliphatic heterocycles. The van der Waals surface area contributed by atoms with Crippen molar-refractivity contribution in [1.82, 2.24) is 19.5 Å². The highest BCUT2D eigenvalue weighted by atomic mass is 16.2. The van der Waals surface area contributed by atoms with E-state index in [0.717, 1.165) is 55.2 Å². The molecule has 2 heterocycles. The summed E-state index contributed by atoms with van der Waals surface area (Å²) in [6, 6.07) is 7.91. The Bertz CT molecular complexity index is 1050. The van der Waals surface area contributed by atoms with Gasteiger partial charge in [0.15, 0.2) is 0 Å². The summed E-state index contributed by atoms with van der Waals surface area (Å²) in [5.41, 5.74) is 3.56. The molecule has 1 aliphatic rings. The molecule has 3 N–H and O–H groups in total. The van der Waals surface area contributed by atoms with Gasteiger partial charge in [-0.1, -0.05) is 26.7 Å². The van der Waals surface area contributed by atoms with Crippen LogP contribution >= 0.6 is 0 Å². The van der Waals surface area contributed by atoms with Crippen LogP contribution in [0.25, 0.3) is 11.0 Å². The predicted octanol–water partition coefficient (Wildman–Crippen LogP) is 5.10. The fourth-order valence-electron chi connectivity index (χ4n) is 4.53. The number of hydrogen-bond donors (Lipinski definition) is 2. The van der Waals surface area contributed by atoms with E-state index in [1.54, 1.807) is 12.1 Å². The van der Waals surface area contributed by atoms with Gasteiger partial charge in [0, 0.05) is 41.1 Å². The molecule has 7 nitrogen and oxygen atoms in total. The second kappa shape index (κ2) is 9.06. The summed E-state index contributed by atoms with van der Waals surface area (Å²) in [4.78, 5) is 21.9. The van der Waals surface area contributed by atoms with Gasteiger partial charge in [0.25, 0.3) is 5.91 Å². The number of aryl methyl sites for hydroxylation is 1. The summed E-state index contributed by atoms with van der Waals surface area (Å²) in [5.74, 6) is 6.49. The largest absolute Gasteiger partial charge is 0.329 e. The highest BCUT2D eigenvalue weighted by Gasteiger charge is 2.25. The molecule has 1 aromatic carbocycles. The number of carbonyl (C=O) groups is 1. The van der Waals surface area contributed by atoms with E-state index in [0.29, 0.717) is 17.6 Å². The zero-order chi connectivity index (χ0) is 22.0. The van der Waals surface area contributed by atoms with Gasteiger partial charge in [-0.25, -0.2) is 10.8 Å². The molecule has 7 heteroatoms. The SMILES string of the molecule is CCC(CC)n1cc(C)c2cnc(Nc3ccc(C(=O)N(N)C4CCCC4)cc3)nc21. The number of hydrazine groups is 1. The summed E-state index contributed by atoms with van der Waals surface area (Å²) in [5, 5.41) is 5.75. The van der Waals surface area contributed by atoms with Crippen molar-refractivity contribution in [2.24, 2.45) is 5.84 Å². The molecule has 2 aromatic heterocycles. The third-order valence-corrected chi connectivity index (χ3v) is 6.45. The van der Waals surface area contributed by atoms with Crippen LogP contribution in [0.1, 0.15) is 74.3 Å². The first-order valence-electron chi connectivity index (χ1n) is 11.3. The molecular weight excluding hydrogens is 388 g/mol. The van der Waals surface area contributed by atoms with E-state index in [2.05, 4.69) is 41.8 Å². The number of nitrogens with one attached hydrogen (secondary N) is 1. The summed E-state index contributed by atoms with van der Waals surface area (Å²) < 4.78 is 2.26. The third kappa shape index (κ3) is 4.28. The molecule has 1 saturated carbocycles. The number of nitrogens with two attached hydrogens (primary N) is 1. The van der Waals surface area contributed by atoms with Gasteiger partial charge in [0.2, 0.25) is 5.95 Å². The first-order chi connectivity index (χ1) is 15.0. The lowest BCUT2D eigenvalue weighted by atomic mass is 10.1. The van der Waals surface area contributed by atoms with E-state index in [1.807, 2.05) is 18.3 Å². The standard InChI is InChI=1S/C24H32N6O/c1-4-19(5-2)29-15-16(3)21-14-26-24(28-22(21)29)27-18-12-10-17(11-13-18)23(31)30(25)20-8-6-7-9-20/h10-15,19-20H,4-9,25H2,1-3H3,(H,26,27,28). The number of anilines is 2. The summed E-state index contributed by atoms with van der Waals surface area (Å²) >= 11 is 0. The zero-order valence-electron chi connectivity index (χ0n) is 18.6. The summed E-state index contributed by atoms with van der Waals surface area (Å²) in [6.45, 7) is 6.50. The highest BCUT2D eigenvalue weighted by molar-refractivity contribution is 5.94. The Morgan fingerprint density at radius 2 is 1.90 bits per heavy atom. The zero-order valence-corrected chi connectivity index (χ0v) is 18.6. The van der Waals surface area contributed by atoms with Gasteiger partial charge in [-0.15, -0.1) is 0 Å². The maximum Gasteiger partial charge on any atom is 0.268 e. The topological polar surface area (TPSA) is 89.1 Å². The van der Waals surface area contributed by atoms with Crippen LogP contribution in [0.4, 0.5) is 11.6 Å². The molecule has 1 aliphatic carbocycles.